The molecule has 1 fully saturated rings. The quantitative estimate of drug-likeness (QED) is 0.740. The highest BCUT2D eigenvalue weighted by Gasteiger charge is 2.23. The molecule has 1 N–H and O–H groups in total. The Morgan fingerprint density at radius 3 is 2.92 bits per heavy atom. The summed E-state index contributed by atoms with van der Waals surface area (Å²) in [6, 6.07) is 5.40. The fraction of sp³-hybridized carbons (Fsp3) is 0.400. The van der Waals surface area contributed by atoms with Crippen LogP contribution >= 0.6 is 35.0 Å². The van der Waals surface area contributed by atoms with Gasteiger partial charge in [0.1, 0.15) is 12.4 Å². The Kier molecular flexibility index (Phi) is 5.53. The Hall–Kier alpha value is -1.44. The van der Waals surface area contributed by atoms with E-state index in [2.05, 4.69) is 15.5 Å². The number of rotatable bonds is 7. The molecule has 0 radical (unpaired) electrons. The highest BCUT2D eigenvalue weighted by molar-refractivity contribution is 7.99. The highest BCUT2D eigenvalue weighted by atomic mass is 35.5. The van der Waals surface area contributed by atoms with Crippen molar-refractivity contribution >= 4 is 40.9 Å². The van der Waals surface area contributed by atoms with Crippen molar-refractivity contribution in [2.75, 3.05) is 5.75 Å². The molecule has 128 valence electrons. The molecule has 1 heterocycles. The van der Waals surface area contributed by atoms with Gasteiger partial charge in [-0.15, -0.1) is 10.2 Å². The molecule has 9 heteroatoms. The van der Waals surface area contributed by atoms with E-state index in [1.54, 1.807) is 22.8 Å². The average molecular weight is 387 g/mol. The molecule has 1 aliphatic rings. The first-order chi connectivity index (χ1) is 11.5. The standard InChI is InChI=1S/C15H16Cl2N4O2S/c1-21-13(7-23-12-5-2-9(16)6-11(12)17)19-20-15(21)24-8-14(22)18-10-3-4-10/h2,5-6,10H,3-4,7-8H2,1H3,(H,18,22). The molecule has 0 bridgehead atoms. The zero-order valence-corrected chi connectivity index (χ0v) is 15.3. The van der Waals surface area contributed by atoms with E-state index < -0.39 is 0 Å². The van der Waals surface area contributed by atoms with Crippen LogP contribution in [0.1, 0.15) is 18.7 Å². The minimum atomic E-state index is 0.0243. The average Bonchev–Trinajstić information content (AvgIpc) is 3.28. The van der Waals surface area contributed by atoms with Gasteiger partial charge in [0.25, 0.3) is 0 Å². The Morgan fingerprint density at radius 2 is 2.21 bits per heavy atom. The maximum Gasteiger partial charge on any atom is 0.230 e. The molecule has 3 rings (SSSR count). The largest absolute Gasteiger partial charge is 0.484 e. The van der Waals surface area contributed by atoms with Crippen LogP contribution in [0.3, 0.4) is 0 Å². The van der Waals surface area contributed by atoms with E-state index in [1.165, 1.54) is 11.8 Å². The van der Waals surface area contributed by atoms with Gasteiger partial charge < -0.3 is 14.6 Å². The van der Waals surface area contributed by atoms with Crippen molar-refractivity contribution in [1.82, 2.24) is 20.1 Å². The third-order valence-electron chi connectivity index (χ3n) is 3.45. The second-order valence-corrected chi connectivity index (χ2v) is 7.24. The van der Waals surface area contributed by atoms with Crippen molar-refractivity contribution in [1.29, 1.82) is 0 Å². The Balaban J connectivity index is 1.54. The summed E-state index contributed by atoms with van der Waals surface area (Å²) in [7, 11) is 1.84. The summed E-state index contributed by atoms with van der Waals surface area (Å²) >= 11 is 13.3. The third kappa shape index (κ3) is 4.55. The Morgan fingerprint density at radius 1 is 1.42 bits per heavy atom. The molecule has 24 heavy (non-hydrogen) atoms. The van der Waals surface area contributed by atoms with Crippen LogP contribution < -0.4 is 10.1 Å². The predicted octanol–water partition coefficient (Wildman–Crippen LogP) is 3.07. The maximum atomic E-state index is 11.7. The van der Waals surface area contributed by atoms with Gasteiger partial charge in [0.15, 0.2) is 11.0 Å². The summed E-state index contributed by atoms with van der Waals surface area (Å²) in [5.74, 6) is 1.52. The van der Waals surface area contributed by atoms with Crippen LogP contribution in [0, 0.1) is 0 Å². The smallest absolute Gasteiger partial charge is 0.230 e. The first kappa shape index (κ1) is 17.4. The molecule has 0 spiro atoms. The summed E-state index contributed by atoms with van der Waals surface area (Å²) in [4.78, 5) is 11.7. The van der Waals surface area contributed by atoms with E-state index in [4.69, 9.17) is 27.9 Å². The topological polar surface area (TPSA) is 69.0 Å². The molecule has 1 amide bonds. The SMILES string of the molecule is Cn1c(COc2ccc(Cl)cc2Cl)nnc1SCC(=O)NC1CC1. The molecule has 1 aromatic carbocycles. The lowest BCUT2D eigenvalue weighted by Gasteiger charge is -2.08. The number of carbonyl (C=O) groups is 1. The predicted molar refractivity (Wildman–Crippen MR) is 93.7 cm³/mol. The zero-order valence-electron chi connectivity index (χ0n) is 13.0. The normalized spacial score (nSPS) is 13.8. The van der Waals surface area contributed by atoms with Gasteiger partial charge in [0.05, 0.1) is 10.8 Å². The number of ether oxygens (including phenoxy) is 1. The number of hydrogen-bond acceptors (Lipinski definition) is 5. The molecular weight excluding hydrogens is 371 g/mol. The molecule has 0 atom stereocenters. The molecule has 1 aliphatic carbocycles. The van der Waals surface area contributed by atoms with Gasteiger partial charge in [0.2, 0.25) is 5.91 Å². The van der Waals surface area contributed by atoms with E-state index in [-0.39, 0.29) is 12.5 Å². The van der Waals surface area contributed by atoms with Crippen molar-refractivity contribution in [2.24, 2.45) is 7.05 Å². The number of hydrogen-bond donors (Lipinski definition) is 1. The van der Waals surface area contributed by atoms with E-state index in [1.807, 2.05) is 7.05 Å². The van der Waals surface area contributed by atoms with Gasteiger partial charge in [-0.3, -0.25) is 4.79 Å². The maximum absolute atomic E-state index is 11.7. The molecule has 1 aromatic heterocycles. The molecular formula is C15H16Cl2N4O2S. The zero-order chi connectivity index (χ0) is 17.1. The minimum absolute atomic E-state index is 0.0243. The molecule has 6 nitrogen and oxygen atoms in total. The van der Waals surface area contributed by atoms with Crippen LogP contribution in [0.25, 0.3) is 0 Å². The molecule has 2 aromatic rings. The van der Waals surface area contributed by atoms with E-state index in [0.29, 0.717) is 38.6 Å². The van der Waals surface area contributed by atoms with Crippen LogP contribution in [0.15, 0.2) is 23.4 Å². The number of carbonyl (C=O) groups excluding carboxylic acids is 1. The fourth-order valence-corrected chi connectivity index (χ4v) is 3.16. The fourth-order valence-electron chi connectivity index (χ4n) is 1.96. The highest BCUT2D eigenvalue weighted by Crippen LogP contribution is 2.28. The lowest BCUT2D eigenvalue weighted by molar-refractivity contribution is -0.118. The number of nitrogens with one attached hydrogen (secondary N) is 1. The van der Waals surface area contributed by atoms with Gasteiger partial charge in [-0.2, -0.15) is 0 Å². The summed E-state index contributed by atoms with van der Waals surface area (Å²) in [6.07, 6.45) is 2.16. The first-order valence-electron chi connectivity index (χ1n) is 7.41. The summed E-state index contributed by atoms with van der Waals surface area (Å²) in [5, 5.41) is 12.8. The second kappa shape index (κ2) is 7.63. The number of thioether (sulfide) groups is 1. The minimum Gasteiger partial charge on any atom is -0.484 e. The van der Waals surface area contributed by atoms with Gasteiger partial charge in [-0.1, -0.05) is 35.0 Å². The Labute approximate surface area is 153 Å². The number of aromatic nitrogens is 3. The lowest BCUT2D eigenvalue weighted by atomic mass is 10.3. The van der Waals surface area contributed by atoms with Gasteiger partial charge >= 0.3 is 0 Å². The third-order valence-corrected chi connectivity index (χ3v) is 5.00. The van der Waals surface area contributed by atoms with Crippen LogP contribution in [0.4, 0.5) is 0 Å². The number of benzene rings is 1. The number of amides is 1. The van der Waals surface area contributed by atoms with E-state index >= 15 is 0 Å². The van der Waals surface area contributed by atoms with Crippen LogP contribution in [-0.4, -0.2) is 32.5 Å². The van der Waals surface area contributed by atoms with Gasteiger partial charge in [-0.05, 0) is 31.0 Å². The van der Waals surface area contributed by atoms with Crippen molar-refractivity contribution in [3.63, 3.8) is 0 Å². The number of nitrogens with zero attached hydrogens (tertiary/aromatic N) is 3. The van der Waals surface area contributed by atoms with Crippen LogP contribution in [0.5, 0.6) is 5.75 Å². The number of halogens is 2. The van der Waals surface area contributed by atoms with E-state index in [0.717, 1.165) is 12.8 Å². The second-order valence-electron chi connectivity index (χ2n) is 5.45. The van der Waals surface area contributed by atoms with Crippen LogP contribution in [0.2, 0.25) is 10.0 Å². The van der Waals surface area contributed by atoms with Gasteiger partial charge in [-0.25, -0.2) is 0 Å². The van der Waals surface area contributed by atoms with Crippen molar-refractivity contribution < 1.29 is 9.53 Å². The first-order valence-corrected chi connectivity index (χ1v) is 9.15. The molecule has 1 saturated carbocycles. The van der Waals surface area contributed by atoms with E-state index in [9.17, 15) is 4.79 Å². The molecule has 0 aliphatic heterocycles. The molecule has 0 saturated heterocycles. The summed E-state index contributed by atoms with van der Waals surface area (Å²) in [6.45, 7) is 0.222. The monoisotopic (exact) mass is 386 g/mol. The lowest BCUT2D eigenvalue weighted by Crippen LogP contribution is -2.27. The van der Waals surface area contributed by atoms with Crippen molar-refractivity contribution in [3.8, 4) is 5.75 Å². The van der Waals surface area contributed by atoms with Crippen molar-refractivity contribution in [2.45, 2.75) is 30.6 Å². The van der Waals surface area contributed by atoms with Gasteiger partial charge in [0, 0.05) is 18.1 Å². The summed E-state index contributed by atoms with van der Waals surface area (Å²) in [5.41, 5.74) is 0. The molecule has 0 unspecified atom stereocenters. The van der Waals surface area contributed by atoms with Crippen molar-refractivity contribution in [3.05, 3.63) is 34.1 Å². The summed E-state index contributed by atoms with van der Waals surface area (Å²) < 4.78 is 7.46. The van der Waals surface area contributed by atoms with Crippen LogP contribution in [-0.2, 0) is 18.4 Å². The Bertz CT molecular complexity index is 749.